The van der Waals surface area contributed by atoms with Crippen molar-refractivity contribution >= 4 is 0 Å². The van der Waals surface area contributed by atoms with Crippen LogP contribution in [0.25, 0.3) is 0 Å². The van der Waals surface area contributed by atoms with Gasteiger partial charge in [-0.2, -0.15) is 4.91 Å². The summed E-state index contributed by atoms with van der Waals surface area (Å²) in [4.78, 5) is 10.0. The van der Waals surface area contributed by atoms with Crippen LogP contribution in [0.15, 0.2) is 5.18 Å². The lowest BCUT2D eigenvalue weighted by atomic mass is 9.94. The zero-order valence-electron chi connectivity index (χ0n) is 8.50. The molecule has 2 heteroatoms. The maximum absolute atomic E-state index is 10.0. The third-order valence-corrected chi connectivity index (χ3v) is 3.10. The molecule has 1 aliphatic carbocycles. The van der Waals surface area contributed by atoms with Crippen molar-refractivity contribution in [2.24, 2.45) is 11.1 Å². The largest absolute Gasteiger partial charge is 0.151 e. The molecule has 0 saturated heterocycles. The predicted molar refractivity (Wildman–Crippen MR) is 55.7 cm³/mol. The van der Waals surface area contributed by atoms with Crippen LogP contribution in [-0.4, -0.2) is 6.54 Å². The summed E-state index contributed by atoms with van der Waals surface area (Å²) in [5.41, 5.74) is 0. The third kappa shape index (κ3) is 5.02. The van der Waals surface area contributed by atoms with Crippen molar-refractivity contribution in [3.05, 3.63) is 4.91 Å². The summed E-state index contributed by atoms with van der Waals surface area (Å²) in [5.74, 6) is 0.788. The highest BCUT2D eigenvalue weighted by Gasteiger charge is 2.09. The number of nitroso groups, excluding NO2 is 1. The summed E-state index contributed by atoms with van der Waals surface area (Å²) in [6.07, 6.45) is 12.0. The van der Waals surface area contributed by atoms with E-state index < -0.39 is 0 Å². The molecule has 2 nitrogen and oxygen atoms in total. The molecule has 13 heavy (non-hydrogen) atoms. The van der Waals surface area contributed by atoms with Gasteiger partial charge in [-0.05, 0) is 12.3 Å². The topological polar surface area (TPSA) is 29.4 Å². The Morgan fingerprint density at radius 2 is 1.46 bits per heavy atom. The van der Waals surface area contributed by atoms with E-state index in [-0.39, 0.29) is 0 Å². The zero-order valence-corrected chi connectivity index (χ0v) is 8.50. The number of hydrogen-bond donors (Lipinski definition) is 0. The monoisotopic (exact) mass is 183 g/mol. The van der Waals surface area contributed by atoms with Gasteiger partial charge in [0.15, 0.2) is 0 Å². The summed E-state index contributed by atoms with van der Waals surface area (Å²) in [5, 5.41) is 2.96. The Labute approximate surface area is 81.1 Å². The van der Waals surface area contributed by atoms with Crippen LogP contribution in [0, 0.1) is 10.8 Å². The second-order valence-electron chi connectivity index (χ2n) is 4.21. The Morgan fingerprint density at radius 3 is 2.00 bits per heavy atom. The van der Waals surface area contributed by atoms with Gasteiger partial charge in [-0.1, -0.05) is 56.5 Å². The highest BCUT2D eigenvalue weighted by Crippen LogP contribution is 2.23. The van der Waals surface area contributed by atoms with Gasteiger partial charge in [-0.3, -0.25) is 0 Å². The third-order valence-electron chi connectivity index (χ3n) is 3.10. The quantitative estimate of drug-likeness (QED) is 0.610. The highest BCUT2D eigenvalue weighted by atomic mass is 16.3. The van der Waals surface area contributed by atoms with Gasteiger partial charge >= 0.3 is 0 Å². The molecule has 0 aromatic heterocycles. The Morgan fingerprint density at radius 1 is 0.923 bits per heavy atom. The van der Waals surface area contributed by atoms with Crippen molar-refractivity contribution in [1.29, 1.82) is 0 Å². The first-order valence-electron chi connectivity index (χ1n) is 5.72. The summed E-state index contributed by atoms with van der Waals surface area (Å²) < 4.78 is 0. The highest BCUT2D eigenvalue weighted by molar-refractivity contribution is 4.64. The van der Waals surface area contributed by atoms with E-state index in [0.29, 0.717) is 6.54 Å². The van der Waals surface area contributed by atoms with Crippen molar-refractivity contribution in [2.45, 2.75) is 57.8 Å². The molecular formula is C11H21NO. The second-order valence-corrected chi connectivity index (χ2v) is 4.21. The van der Waals surface area contributed by atoms with E-state index >= 15 is 0 Å². The minimum absolute atomic E-state index is 0.532. The van der Waals surface area contributed by atoms with Crippen LogP contribution in [0.5, 0.6) is 0 Å². The molecule has 0 amide bonds. The fourth-order valence-corrected chi connectivity index (χ4v) is 2.24. The fraction of sp³-hybridized carbons (Fsp3) is 1.00. The molecule has 0 aliphatic heterocycles. The van der Waals surface area contributed by atoms with Crippen LogP contribution in [0.3, 0.4) is 0 Å². The zero-order chi connectivity index (χ0) is 9.36. The standard InChI is InChI=1S/C11H21NO/c13-12-10-9-11-7-5-3-1-2-4-6-8-11/h11H,1-10H2. The second kappa shape index (κ2) is 7.05. The number of hydrogen-bond acceptors (Lipinski definition) is 2. The first-order chi connectivity index (χ1) is 6.43. The van der Waals surface area contributed by atoms with Gasteiger partial charge in [0, 0.05) is 0 Å². The lowest BCUT2D eigenvalue weighted by Gasteiger charge is -2.13. The smallest absolute Gasteiger partial charge is 0.0813 e. The van der Waals surface area contributed by atoms with Crippen molar-refractivity contribution in [2.75, 3.05) is 6.54 Å². The van der Waals surface area contributed by atoms with E-state index in [9.17, 15) is 4.91 Å². The summed E-state index contributed by atoms with van der Waals surface area (Å²) in [7, 11) is 0. The summed E-state index contributed by atoms with van der Waals surface area (Å²) in [6.45, 7) is 0.532. The molecule has 1 aliphatic rings. The van der Waals surface area contributed by atoms with Crippen LogP contribution in [0.1, 0.15) is 57.8 Å². The molecule has 0 aromatic carbocycles. The van der Waals surface area contributed by atoms with Gasteiger partial charge in [0.25, 0.3) is 0 Å². The maximum Gasteiger partial charge on any atom is 0.0813 e. The van der Waals surface area contributed by atoms with E-state index in [1.54, 1.807) is 0 Å². The van der Waals surface area contributed by atoms with Crippen LogP contribution in [0.2, 0.25) is 0 Å². The van der Waals surface area contributed by atoms with E-state index in [1.807, 2.05) is 0 Å². The van der Waals surface area contributed by atoms with Crippen molar-refractivity contribution in [3.8, 4) is 0 Å². The van der Waals surface area contributed by atoms with Crippen LogP contribution >= 0.6 is 0 Å². The van der Waals surface area contributed by atoms with Gasteiger partial charge in [-0.25, -0.2) is 0 Å². The van der Waals surface area contributed by atoms with Crippen molar-refractivity contribution in [1.82, 2.24) is 0 Å². The van der Waals surface area contributed by atoms with Crippen LogP contribution in [-0.2, 0) is 0 Å². The normalized spacial score (nSPS) is 21.5. The van der Waals surface area contributed by atoms with E-state index in [1.165, 1.54) is 51.4 Å². The number of nitrogens with zero attached hydrogens (tertiary/aromatic N) is 1. The SMILES string of the molecule is O=NCCC1CCCCCCCC1. The Kier molecular flexibility index (Phi) is 5.79. The van der Waals surface area contributed by atoms with Gasteiger partial charge in [-0.15, -0.1) is 0 Å². The lowest BCUT2D eigenvalue weighted by Crippen LogP contribution is -2.01. The molecule has 0 N–H and O–H groups in total. The molecule has 1 saturated carbocycles. The predicted octanol–water partition coefficient (Wildman–Crippen LogP) is 3.89. The van der Waals surface area contributed by atoms with Crippen LogP contribution in [0.4, 0.5) is 0 Å². The molecule has 0 aromatic rings. The minimum atomic E-state index is 0.532. The van der Waals surface area contributed by atoms with Crippen molar-refractivity contribution < 1.29 is 0 Å². The molecule has 0 radical (unpaired) electrons. The first-order valence-corrected chi connectivity index (χ1v) is 5.72. The Hall–Kier alpha value is -0.400. The minimum Gasteiger partial charge on any atom is -0.151 e. The molecule has 0 heterocycles. The molecule has 0 spiro atoms. The molecular weight excluding hydrogens is 162 g/mol. The van der Waals surface area contributed by atoms with Crippen molar-refractivity contribution in [3.63, 3.8) is 0 Å². The lowest BCUT2D eigenvalue weighted by molar-refractivity contribution is 0.405. The van der Waals surface area contributed by atoms with Gasteiger partial charge in [0.05, 0.1) is 6.54 Å². The Balaban J connectivity index is 2.19. The Bertz CT molecular complexity index is 126. The average Bonchev–Trinajstić information content (AvgIpc) is 2.28. The average molecular weight is 183 g/mol. The maximum atomic E-state index is 10.0. The van der Waals surface area contributed by atoms with Gasteiger partial charge < -0.3 is 0 Å². The molecule has 0 bridgehead atoms. The van der Waals surface area contributed by atoms with Crippen LogP contribution < -0.4 is 0 Å². The summed E-state index contributed by atoms with van der Waals surface area (Å²) in [6, 6.07) is 0. The van der Waals surface area contributed by atoms with E-state index in [4.69, 9.17) is 0 Å². The number of rotatable bonds is 3. The van der Waals surface area contributed by atoms with E-state index in [0.717, 1.165) is 12.3 Å². The molecule has 76 valence electrons. The molecule has 1 fully saturated rings. The molecule has 1 rings (SSSR count). The molecule has 0 atom stereocenters. The van der Waals surface area contributed by atoms with Gasteiger partial charge in [0.2, 0.25) is 0 Å². The summed E-state index contributed by atoms with van der Waals surface area (Å²) >= 11 is 0. The van der Waals surface area contributed by atoms with E-state index in [2.05, 4.69) is 5.18 Å². The fourth-order valence-electron chi connectivity index (χ4n) is 2.24. The first kappa shape index (κ1) is 10.7. The molecule has 0 unspecified atom stereocenters. The van der Waals surface area contributed by atoms with Gasteiger partial charge in [0.1, 0.15) is 0 Å².